The first-order valence-corrected chi connectivity index (χ1v) is 3.94. The number of nitrogens with zero attached hydrogens (tertiary/aromatic N) is 2. The summed E-state index contributed by atoms with van der Waals surface area (Å²) < 4.78 is 0. The fourth-order valence-corrected chi connectivity index (χ4v) is 0.950. The number of hydrogen-bond donors (Lipinski definition) is 1. The molecular weight excluding hydrogens is 140 g/mol. The van der Waals surface area contributed by atoms with Gasteiger partial charge in [0.15, 0.2) is 0 Å². The van der Waals surface area contributed by atoms with Crippen molar-refractivity contribution in [2.24, 2.45) is 0 Å². The summed E-state index contributed by atoms with van der Waals surface area (Å²) in [7, 11) is 0. The molecule has 3 nitrogen and oxygen atoms in total. The van der Waals surface area contributed by atoms with Gasteiger partial charge in [-0.2, -0.15) is 5.26 Å². The molecule has 0 aromatic rings. The zero-order valence-electron chi connectivity index (χ0n) is 7.25. The third-order valence-corrected chi connectivity index (χ3v) is 1.63. The van der Waals surface area contributed by atoms with Gasteiger partial charge in [0.25, 0.3) is 0 Å². The van der Waals surface area contributed by atoms with E-state index in [0.29, 0.717) is 19.0 Å². The molecule has 0 amide bonds. The van der Waals surface area contributed by atoms with Crippen LogP contribution in [0, 0.1) is 11.3 Å². The van der Waals surface area contributed by atoms with Gasteiger partial charge in [0, 0.05) is 25.6 Å². The number of nitriles is 1. The van der Waals surface area contributed by atoms with Crippen LogP contribution in [0.15, 0.2) is 0 Å². The third-order valence-electron chi connectivity index (χ3n) is 1.63. The summed E-state index contributed by atoms with van der Waals surface area (Å²) in [5.41, 5.74) is 0. The van der Waals surface area contributed by atoms with E-state index in [4.69, 9.17) is 10.4 Å². The van der Waals surface area contributed by atoms with Crippen LogP contribution in [0.5, 0.6) is 0 Å². The lowest BCUT2D eigenvalue weighted by atomic mass is 10.3. The van der Waals surface area contributed by atoms with Crippen LogP contribution in [0.3, 0.4) is 0 Å². The SMILES string of the molecule is CC(C)N(CCO)CCC#N. The summed E-state index contributed by atoms with van der Waals surface area (Å²) in [6.07, 6.45) is 0.540. The van der Waals surface area contributed by atoms with Gasteiger partial charge in [-0.3, -0.25) is 4.90 Å². The van der Waals surface area contributed by atoms with Crippen molar-refractivity contribution in [1.29, 1.82) is 5.26 Å². The lowest BCUT2D eigenvalue weighted by Crippen LogP contribution is -2.34. The van der Waals surface area contributed by atoms with Gasteiger partial charge < -0.3 is 5.11 Å². The minimum absolute atomic E-state index is 0.170. The molecule has 3 heteroatoms. The van der Waals surface area contributed by atoms with Gasteiger partial charge in [0.1, 0.15) is 0 Å². The van der Waals surface area contributed by atoms with Gasteiger partial charge in [0.05, 0.1) is 12.7 Å². The highest BCUT2D eigenvalue weighted by molar-refractivity contribution is 4.73. The molecule has 0 aliphatic carbocycles. The molecule has 11 heavy (non-hydrogen) atoms. The first-order chi connectivity index (χ1) is 5.22. The third kappa shape index (κ3) is 4.77. The zero-order chi connectivity index (χ0) is 8.69. The molecule has 0 aromatic carbocycles. The Kier molecular flexibility index (Phi) is 5.81. The molecule has 0 fully saturated rings. The molecule has 0 unspecified atom stereocenters. The Labute approximate surface area is 68.2 Å². The van der Waals surface area contributed by atoms with Crippen molar-refractivity contribution < 1.29 is 5.11 Å². The Morgan fingerprint density at radius 2 is 2.09 bits per heavy atom. The van der Waals surface area contributed by atoms with E-state index in [2.05, 4.69) is 24.8 Å². The van der Waals surface area contributed by atoms with E-state index < -0.39 is 0 Å². The maximum absolute atomic E-state index is 8.66. The first-order valence-electron chi connectivity index (χ1n) is 3.94. The average Bonchev–Trinajstić information content (AvgIpc) is 1.97. The highest BCUT2D eigenvalue weighted by Gasteiger charge is 2.06. The second kappa shape index (κ2) is 6.14. The predicted molar refractivity (Wildman–Crippen MR) is 44.0 cm³/mol. The molecule has 0 spiro atoms. The van der Waals surface area contributed by atoms with E-state index in [9.17, 15) is 0 Å². The summed E-state index contributed by atoms with van der Waals surface area (Å²) in [6.45, 7) is 5.72. The molecule has 0 bridgehead atoms. The second-order valence-electron chi connectivity index (χ2n) is 2.76. The van der Waals surface area contributed by atoms with E-state index in [1.165, 1.54) is 0 Å². The van der Waals surface area contributed by atoms with Gasteiger partial charge in [-0.15, -0.1) is 0 Å². The summed E-state index contributed by atoms with van der Waals surface area (Å²) in [5, 5.41) is 17.0. The van der Waals surface area contributed by atoms with Crippen molar-refractivity contribution in [1.82, 2.24) is 4.90 Å². The van der Waals surface area contributed by atoms with Gasteiger partial charge in [-0.05, 0) is 13.8 Å². The Morgan fingerprint density at radius 3 is 2.45 bits per heavy atom. The number of hydrogen-bond acceptors (Lipinski definition) is 3. The van der Waals surface area contributed by atoms with Crippen LogP contribution in [0.1, 0.15) is 20.3 Å². The van der Waals surface area contributed by atoms with Crippen molar-refractivity contribution in [3.05, 3.63) is 0 Å². The monoisotopic (exact) mass is 156 g/mol. The Morgan fingerprint density at radius 1 is 1.45 bits per heavy atom. The summed E-state index contributed by atoms with van der Waals surface area (Å²) in [5.74, 6) is 0. The largest absolute Gasteiger partial charge is 0.395 e. The van der Waals surface area contributed by atoms with Crippen molar-refractivity contribution in [2.45, 2.75) is 26.3 Å². The Balaban J connectivity index is 3.62. The van der Waals surface area contributed by atoms with Crippen molar-refractivity contribution >= 4 is 0 Å². The normalized spacial score (nSPS) is 10.5. The number of aliphatic hydroxyl groups is 1. The molecular formula is C8H16N2O. The molecule has 64 valence electrons. The molecule has 0 radical (unpaired) electrons. The molecule has 0 aromatic heterocycles. The highest BCUT2D eigenvalue weighted by atomic mass is 16.3. The first kappa shape index (κ1) is 10.4. The van der Waals surface area contributed by atoms with Gasteiger partial charge >= 0.3 is 0 Å². The smallest absolute Gasteiger partial charge is 0.0635 e. The van der Waals surface area contributed by atoms with E-state index >= 15 is 0 Å². The van der Waals surface area contributed by atoms with Crippen LogP contribution < -0.4 is 0 Å². The van der Waals surface area contributed by atoms with E-state index in [1.807, 2.05) is 0 Å². The van der Waals surface area contributed by atoms with Crippen LogP contribution >= 0.6 is 0 Å². The summed E-state index contributed by atoms with van der Waals surface area (Å²) >= 11 is 0. The van der Waals surface area contributed by atoms with E-state index in [1.54, 1.807) is 0 Å². The lowest BCUT2D eigenvalue weighted by molar-refractivity contribution is 0.169. The molecule has 0 saturated carbocycles. The standard InChI is InChI=1S/C8H16N2O/c1-8(2)10(6-7-11)5-3-4-9/h8,11H,3,5-7H2,1-2H3. The molecule has 0 aliphatic rings. The zero-order valence-corrected chi connectivity index (χ0v) is 7.25. The van der Waals surface area contributed by atoms with Crippen LogP contribution in [0.25, 0.3) is 0 Å². The summed E-state index contributed by atoms with van der Waals surface area (Å²) in [6, 6.07) is 2.50. The molecule has 0 aliphatic heterocycles. The van der Waals surface area contributed by atoms with Crippen molar-refractivity contribution in [3.63, 3.8) is 0 Å². The van der Waals surface area contributed by atoms with Crippen LogP contribution in [-0.4, -0.2) is 35.7 Å². The fourth-order valence-electron chi connectivity index (χ4n) is 0.950. The Hall–Kier alpha value is -0.590. The van der Waals surface area contributed by atoms with Crippen LogP contribution in [0.4, 0.5) is 0 Å². The van der Waals surface area contributed by atoms with Crippen molar-refractivity contribution in [2.75, 3.05) is 19.7 Å². The van der Waals surface area contributed by atoms with E-state index in [-0.39, 0.29) is 6.61 Å². The van der Waals surface area contributed by atoms with Crippen molar-refractivity contribution in [3.8, 4) is 6.07 Å². The molecule has 0 atom stereocenters. The topological polar surface area (TPSA) is 47.3 Å². The maximum Gasteiger partial charge on any atom is 0.0635 e. The highest BCUT2D eigenvalue weighted by Crippen LogP contribution is 1.97. The molecule has 0 rings (SSSR count). The van der Waals surface area contributed by atoms with E-state index in [0.717, 1.165) is 6.54 Å². The number of aliphatic hydroxyl groups excluding tert-OH is 1. The van der Waals surface area contributed by atoms with Gasteiger partial charge in [-0.1, -0.05) is 0 Å². The quantitative estimate of drug-likeness (QED) is 0.634. The number of rotatable bonds is 5. The van der Waals surface area contributed by atoms with Crippen LogP contribution in [-0.2, 0) is 0 Å². The lowest BCUT2D eigenvalue weighted by Gasteiger charge is -2.23. The molecule has 0 saturated heterocycles. The molecule has 0 heterocycles. The second-order valence-corrected chi connectivity index (χ2v) is 2.76. The predicted octanol–water partition coefficient (Wildman–Crippen LogP) is 0.603. The minimum atomic E-state index is 0.170. The maximum atomic E-state index is 8.66. The average molecular weight is 156 g/mol. The molecule has 1 N–H and O–H groups in total. The van der Waals surface area contributed by atoms with Gasteiger partial charge in [0.2, 0.25) is 0 Å². The fraction of sp³-hybridized carbons (Fsp3) is 0.875. The summed E-state index contributed by atoms with van der Waals surface area (Å²) in [4.78, 5) is 2.09. The van der Waals surface area contributed by atoms with Gasteiger partial charge in [-0.25, -0.2) is 0 Å². The Bertz CT molecular complexity index is 129. The van der Waals surface area contributed by atoms with Crippen LogP contribution in [0.2, 0.25) is 0 Å². The minimum Gasteiger partial charge on any atom is -0.395 e.